The van der Waals surface area contributed by atoms with Crippen LogP contribution in [0.5, 0.6) is 0 Å². The third-order valence-corrected chi connectivity index (χ3v) is 4.98. The van der Waals surface area contributed by atoms with Crippen molar-refractivity contribution < 1.29 is 18.8 Å². The molecule has 134 valence electrons. The molecule has 4 nitrogen and oxygen atoms in total. The van der Waals surface area contributed by atoms with E-state index in [9.17, 15) is 9.35 Å². The van der Waals surface area contributed by atoms with E-state index in [1.54, 1.807) is 13.4 Å². The number of methoxy groups -OCH3 is 1. The molecule has 0 saturated carbocycles. The van der Waals surface area contributed by atoms with E-state index in [0.717, 1.165) is 32.7 Å². The molecule has 2 aromatic rings. The van der Waals surface area contributed by atoms with Crippen molar-refractivity contribution in [1.82, 2.24) is 0 Å². The van der Waals surface area contributed by atoms with E-state index in [1.165, 1.54) is 6.92 Å². The van der Waals surface area contributed by atoms with Gasteiger partial charge in [0.25, 0.3) is 0 Å². The number of hydrogen-bond acceptors (Lipinski definition) is 4. The average molecular weight is 368 g/mol. The summed E-state index contributed by atoms with van der Waals surface area (Å²) in [5, 5.41) is 0. The molecule has 1 aliphatic rings. The van der Waals surface area contributed by atoms with E-state index in [1.807, 2.05) is 54.6 Å². The maximum absolute atomic E-state index is 11.5. The van der Waals surface area contributed by atoms with Gasteiger partial charge in [-0.05, 0) is 75.9 Å². The molecule has 0 bridgehead atoms. The van der Waals surface area contributed by atoms with Crippen LogP contribution in [0.2, 0.25) is 0 Å². The molecule has 0 aromatic heterocycles. The first-order chi connectivity index (χ1) is 12.5. The molecule has 0 fully saturated rings. The van der Waals surface area contributed by atoms with Crippen LogP contribution in [0.3, 0.4) is 0 Å². The highest BCUT2D eigenvalue weighted by atomic mass is 32.2. The Bertz CT molecular complexity index is 879. The predicted molar refractivity (Wildman–Crippen MR) is 104 cm³/mol. The lowest BCUT2D eigenvalue weighted by Crippen LogP contribution is -1.98. The third-order valence-electron chi connectivity index (χ3n) is 4.05. The first kappa shape index (κ1) is 18.5. The van der Waals surface area contributed by atoms with Crippen molar-refractivity contribution in [2.75, 3.05) is 13.4 Å². The summed E-state index contributed by atoms with van der Waals surface area (Å²) in [7, 11) is 1.65. The Kier molecular flexibility index (Phi) is 5.61. The van der Waals surface area contributed by atoms with Crippen LogP contribution in [0.1, 0.15) is 29.2 Å². The van der Waals surface area contributed by atoms with Gasteiger partial charge >= 0.3 is 5.97 Å². The summed E-state index contributed by atoms with van der Waals surface area (Å²) in [6, 6.07) is 13.6. The first-order valence-electron chi connectivity index (χ1n) is 8.16. The summed E-state index contributed by atoms with van der Waals surface area (Å²) in [6.45, 7) is 1.89. The molecule has 0 aliphatic heterocycles. The Morgan fingerprint density at radius 2 is 1.88 bits per heavy atom. The normalized spacial score (nSPS) is 15.5. The molecular formula is C21H20O4S. The molecule has 1 unspecified atom stereocenters. The van der Waals surface area contributed by atoms with Crippen LogP contribution in [0.4, 0.5) is 0 Å². The number of carbonyl (C=O) groups excluding carboxylic acids is 1. The maximum atomic E-state index is 11.5. The zero-order chi connectivity index (χ0) is 18.7. The minimum absolute atomic E-state index is 0.352. The van der Waals surface area contributed by atoms with Crippen molar-refractivity contribution in [3.8, 4) is 0 Å². The molecule has 3 rings (SSSR count). The van der Waals surface area contributed by atoms with E-state index in [0.29, 0.717) is 12.4 Å². The Morgan fingerprint density at radius 3 is 2.50 bits per heavy atom. The highest BCUT2D eigenvalue weighted by molar-refractivity contribution is 7.90. The Morgan fingerprint density at radius 1 is 1.15 bits per heavy atom. The van der Waals surface area contributed by atoms with Crippen LogP contribution in [0.15, 0.2) is 53.4 Å². The lowest BCUT2D eigenvalue weighted by molar-refractivity contribution is -0.134. The van der Waals surface area contributed by atoms with Gasteiger partial charge in [-0.3, -0.25) is 4.79 Å². The summed E-state index contributed by atoms with van der Waals surface area (Å²) in [6.07, 6.45) is 5.55. The van der Waals surface area contributed by atoms with Crippen LogP contribution in [-0.4, -0.2) is 23.9 Å². The van der Waals surface area contributed by atoms with Gasteiger partial charge in [-0.2, -0.15) is 0 Å². The number of carbonyl (C=O) groups is 1. The van der Waals surface area contributed by atoms with Gasteiger partial charge in [0.2, 0.25) is 0 Å². The molecule has 1 aliphatic carbocycles. The average Bonchev–Trinajstić information content (AvgIpc) is 2.92. The van der Waals surface area contributed by atoms with Crippen molar-refractivity contribution in [2.24, 2.45) is 0 Å². The molecule has 5 heteroatoms. The topological polar surface area (TPSA) is 58.6 Å². The van der Waals surface area contributed by atoms with Crippen LogP contribution in [0.25, 0.3) is 17.4 Å². The minimum atomic E-state index is -0.997. The summed E-state index contributed by atoms with van der Waals surface area (Å²) in [5.41, 5.74) is 4.85. The molecule has 26 heavy (non-hydrogen) atoms. The number of esters is 1. The SMILES string of the molecule is COCc1ccc2c(c1)C(OC(C)=O)=CC2=Cc1ccc([S+](C)[O-])cc1. The van der Waals surface area contributed by atoms with Gasteiger partial charge in [0.15, 0.2) is 4.90 Å². The molecule has 0 heterocycles. The van der Waals surface area contributed by atoms with E-state index < -0.39 is 11.2 Å². The van der Waals surface area contributed by atoms with Crippen LogP contribution < -0.4 is 0 Å². The number of rotatable bonds is 5. The number of benzene rings is 2. The summed E-state index contributed by atoms with van der Waals surface area (Å²) in [4.78, 5) is 12.2. The number of hydrogen-bond donors (Lipinski definition) is 0. The fraction of sp³-hybridized carbons (Fsp3) is 0.190. The summed E-state index contributed by atoms with van der Waals surface area (Å²) in [5.74, 6) is 0.193. The smallest absolute Gasteiger partial charge is 0.308 e. The van der Waals surface area contributed by atoms with Crippen molar-refractivity contribution in [2.45, 2.75) is 18.4 Å². The number of allylic oxidation sites excluding steroid dienone is 2. The van der Waals surface area contributed by atoms with Gasteiger partial charge in [0, 0.05) is 19.6 Å². The monoisotopic (exact) mass is 368 g/mol. The lowest BCUT2D eigenvalue weighted by atomic mass is 10.0. The van der Waals surface area contributed by atoms with Crippen LogP contribution in [-0.2, 0) is 32.1 Å². The third kappa shape index (κ3) is 4.07. The van der Waals surface area contributed by atoms with Crippen molar-refractivity contribution in [3.63, 3.8) is 0 Å². The van der Waals surface area contributed by atoms with Crippen molar-refractivity contribution in [1.29, 1.82) is 0 Å². The van der Waals surface area contributed by atoms with E-state index in [-0.39, 0.29) is 5.97 Å². The molecule has 0 saturated heterocycles. The molecule has 2 aromatic carbocycles. The van der Waals surface area contributed by atoms with Gasteiger partial charge in [-0.1, -0.05) is 12.1 Å². The predicted octanol–water partition coefficient (Wildman–Crippen LogP) is 4.03. The van der Waals surface area contributed by atoms with E-state index >= 15 is 0 Å². The zero-order valence-electron chi connectivity index (χ0n) is 14.9. The van der Waals surface area contributed by atoms with Gasteiger partial charge in [-0.15, -0.1) is 0 Å². The van der Waals surface area contributed by atoms with Gasteiger partial charge in [0.05, 0.1) is 6.61 Å². The minimum Gasteiger partial charge on any atom is -0.612 e. The first-order valence-corrected chi connectivity index (χ1v) is 9.71. The molecule has 1 atom stereocenters. The zero-order valence-corrected chi connectivity index (χ0v) is 15.8. The molecule has 0 amide bonds. The maximum Gasteiger partial charge on any atom is 0.308 e. The lowest BCUT2D eigenvalue weighted by Gasteiger charge is -2.08. The molecule has 0 N–H and O–H groups in total. The van der Waals surface area contributed by atoms with Crippen LogP contribution in [0, 0.1) is 0 Å². The fourth-order valence-electron chi connectivity index (χ4n) is 2.89. The second kappa shape index (κ2) is 7.91. The quantitative estimate of drug-likeness (QED) is 0.591. The highest BCUT2D eigenvalue weighted by Crippen LogP contribution is 2.38. The number of ether oxygens (including phenoxy) is 2. The van der Waals surface area contributed by atoms with E-state index in [2.05, 4.69) is 0 Å². The Balaban J connectivity index is 2.00. The largest absolute Gasteiger partial charge is 0.612 e. The Hall–Kier alpha value is -2.34. The number of fused-ring (bicyclic) bond motifs is 1. The Labute approximate surface area is 156 Å². The second-order valence-electron chi connectivity index (χ2n) is 6.04. The summed E-state index contributed by atoms with van der Waals surface area (Å²) < 4.78 is 22.1. The molecule has 0 radical (unpaired) electrons. The summed E-state index contributed by atoms with van der Waals surface area (Å²) >= 11 is -0.997. The standard InChI is InChI=1S/C21H20O4S/c1-14(22)25-21-12-17(10-15-4-7-18(8-5-15)26(3)23)19-9-6-16(13-24-2)11-20(19)21/h4-12H,13H2,1-3H3. The highest BCUT2D eigenvalue weighted by Gasteiger charge is 2.21. The van der Waals surface area contributed by atoms with Crippen molar-refractivity contribution >= 4 is 34.6 Å². The van der Waals surface area contributed by atoms with Crippen LogP contribution >= 0.6 is 0 Å². The fourth-order valence-corrected chi connectivity index (χ4v) is 3.41. The van der Waals surface area contributed by atoms with Crippen molar-refractivity contribution in [3.05, 3.63) is 70.8 Å². The molecule has 0 spiro atoms. The van der Waals surface area contributed by atoms with Gasteiger partial charge in [0.1, 0.15) is 12.0 Å². The van der Waals surface area contributed by atoms with E-state index in [4.69, 9.17) is 9.47 Å². The van der Waals surface area contributed by atoms with Gasteiger partial charge < -0.3 is 14.0 Å². The van der Waals surface area contributed by atoms with Gasteiger partial charge in [-0.25, -0.2) is 0 Å². The molecular weight excluding hydrogens is 348 g/mol. The second-order valence-corrected chi connectivity index (χ2v) is 7.42.